The normalized spacial score (nSPS) is 20.6. The monoisotopic (exact) mass is 300 g/mol. The van der Waals surface area contributed by atoms with Gasteiger partial charge in [-0.15, -0.1) is 0 Å². The van der Waals surface area contributed by atoms with E-state index in [1.165, 1.54) is 30.9 Å². The van der Waals surface area contributed by atoms with Crippen molar-refractivity contribution in [2.24, 2.45) is 5.41 Å². The second kappa shape index (κ2) is 8.47. The average Bonchev–Trinajstić information content (AvgIpc) is 2.53. The molecule has 0 aliphatic heterocycles. The van der Waals surface area contributed by atoms with E-state index in [9.17, 15) is 10.2 Å². The van der Waals surface area contributed by atoms with Crippen LogP contribution in [-0.4, -0.2) is 10.2 Å². The van der Waals surface area contributed by atoms with Gasteiger partial charge in [0.25, 0.3) is 0 Å². The Morgan fingerprint density at radius 1 is 0.864 bits per heavy atom. The van der Waals surface area contributed by atoms with E-state index in [4.69, 9.17) is 0 Å². The van der Waals surface area contributed by atoms with Crippen molar-refractivity contribution in [3.63, 3.8) is 0 Å². The van der Waals surface area contributed by atoms with Gasteiger partial charge in [0.05, 0.1) is 5.76 Å². The van der Waals surface area contributed by atoms with Crippen molar-refractivity contribution in [3.05, 3.63) is 72.3 Å². The maximum Gasteiger partial charge on any atom is 0.114 e. The third kappa shape index (κ3) is 4.52. The molecule has 2 nitrogen and oxygen atoms in total. The lowest BCUT2D eigenvalue weighted by Crippen LogP contribution is -2.27. The summed E-state index contributed by atoms with van der Waals surface area (Å²) < 4.78 is 0. The Hall–Kier alpha value is -1.96. The van der Waals surface area contributed by atoms with E-state index < -0.39 is 0 Å². The molecule has 0 bridgehead atoms. The minimum Gasteiger partial charge on any atom is -0.513 e. The van der Waals surface area contributed by atoms with Gasteiger partial charge in [-0.3, -0.25) is 0 Å². The van der Waals surface area contributed by atoms with Crippen molar-refractivity contribution >= 4 is 0 Å². The van der Waals surface area contributed by atoms with Crippen LogP contribution < -0.4 is 0 Å². The van der Waals surface area contributed by atoms with Gasteiger partial charge in [-0.05, 0) is 50.5 Å². The summed E-state index contributed by atoms with van der Waals surface area (Å²) in [5, 5.41) is 19.0. The Morgan fingerprint density at radius 3 is 2.00 bits per heavy atom. The molecular formula is C20H28O2. The predicted octanol–water partition coefficient (Wildman–Crippen LogP) is 6.09. The third-order valence-electron chi connectivity index (χ3n) is 4.45. The number of aliphatic hydroxyl groups excluding tert-OH is 2. The first-order chi connectivity index (χ1) is 10.5. The molecule has 1 fully saturated rings. The van der Waals surface area contributed by atoms with E-state index in [1.807, 2.05) is 18.2 Å². The number of hydrogen-bond donors (Lipinski definition) is 2. The van der Waals surface area contributed by atoms with Crippen LogP contribution in [0.5, 0.6) is 0 Å². The molecule has 0 aromatic carbocycles. The van der Waals surface area contributed by atoms with E-state index >= 15 is 0 Å². The molecule has 0 aromatic heterocycles. The topological polar surface area (TPSA) is 40.5 Å². The zero-order valence-corrected chi connectivity index (χ0v) is 13.8. The quantitative estimate of drug-likeness (QED) is 0.460. The summed E-state index contributed by atoms with van der Waals surface area (Å²) in [6, 6.07) is 0. The molecule has 0 radical (unpaired) electrons. The molecule has 0 aromatic rings. The molecule has 22 heavy (non-hydrogen) atoms. The van der Waals surface area contributed by atoms with Gasteiger partial charge in [0.1, 0.15) is 5.76 Å². The number of hydrogen-bond acceptors (Lipinski definition) is 2. The second-order valence-corrected chi connectivity index (χ2v) is 5.92. The van der Waals surface area contributed by atoms with Crippen LogP contribution in [0.1, 0.15) is 46.0 Å². The highest BCUT2D eigenvalue weighted by molar-refractivity contribution is 5.39. The molecule has 2 N–H and O–H groups in total. The average molecular weight is 300 g/mol. The van der Waals surface area contributed by atoms with Gasteiger partial charge in [0.2, 0.25) is 0 Å². The maximum absolute atomic E-state index is 9.58. The second-order valence-electron chi connectivity index (χ2n) is 5.92. The first-order valence-corrected chi connectivity index (χ1v) is 7.87. The Morgan fingerprint density at radius 2 is 1.50 bits per heavy atom. The smallest absolute Gasteiger partial charge is 0.114 e. The zero-order valence-electron chi connectivity index (χ0n) is 13.8. The minimum absolute atomic E-state index is 0.0656. The summed E-state index contributed by atoms with van der Waals surface area (Å²) in [5.41, 5.74) is 2.26. The third-order valence-corrected chi connectivity index (χ3v) is 4.45. The molecule has 0 spiro atoms. The fraction of sp³-hybridized carbons (Fsp3) is 0.400. The molecule has 1 aliphatic rings. The van der Waals surface area contributed by atoms with Crippen LogP contribution in [0.3, 0.4) is 0 Å². The van der Waals surface area contributed by atoms with Crippen LogP contribution in [0.25, 0.3) is 0 Å². The molecule has 2 heteroatoms. The highest BCUT2D eigenvalue weighted by Crippen LogP contribution is 2.48. The lowest BCUT2D eigenvalue weighted by Gasteiger charge is -2.40. The lowest BCUT2D eigenvalue weighted by molar-refractivity contribution is 0.295. The molecule has 1 saturated carbocycles. The molecular weight excluding hydrogens is 272 g/mol. The van der Waals surface area contributed by atoms with E-state index in [-0.39, 0.29) is 16.9 Å². The number of aliphatic hydroxyl groups is 2. The van der Waals surface area contributed by atoms with Crippen molar-refractivity contribution in [1.29, 1.82) is 0 Å². The van der Waals surface area contributed by atoms with Crippen molar-refractivity contribution in [2.45, 2.75) is 46.0 Å². The highest BCUT2D eigenvalue weighted by Gasteiger charge is 2.35. The van der Waals surface area contributed by atoms with E-state index in [0.717, 1.165) is 18.4 Å². The molecule has 120 valence electrons. The first-order valence-electron chi connectivity index (χ1n) is 7.87. The van der Waals surface area contributed by atoms with Gasteiger partial charge in [0.15, 0.2) is 0 Å². The van der Waals surface area contributed by atoms with Crippen LogP contribution in [-0.2, 0) is 0 Å². The van der Waals surface area contributed by atoms with Crippen molar-refractivity contribution in [1.82, 2.24) is 0 Å². The van der Waals surface area contributed by atoms with E-state index in [0.29, 0.717) is 0 Å². The van der Waals surface area contributed by atoms with Crippen molar-refractivity contribution in [3.8, 4) is 0 Å². The summed E-state index contributed by atoms with van der Waals surface area (Å²) in [4.78, 5) is 0. The standard InChI is InChI=1S/C20H28O2/c1-5-18(12-11-17(4)21)20(14-8-7-9-15-20)16(3)10-13-19(22)6-2/h5-6,10-13,21-22H,1-2,7-9,14-15H2,3-4H3/b16-10+,17-11+,18-12+,19-13+. The van der Waals surface area contributed by atoms with Gasteiger partial charge in [-0.2, -0.15) is 0 Å². The molecule has 0 saturated heterocycles. The molecule has 0 heterocycles. The van der Waals surface area contributed by atoms with Gasteiger partial charge >= 0.3 is 0 Å². The Labute approximate surface area is 134 Å². The SMILES string of the molecule is C=C/C(O)=C\C=C(/C)C1(/C(C=C)=C/C=C(\C)O)CCCCC1. The lowest BCUT2D eigenvalue weighted by atomic mass is 9.64. The van der Waals surface area contributed by atoms with Crippen molar-refractivity contribution < 1.29 is 10.2 Å². The number of allylic oxidation sites excluding steroid dienone is 9. The van der Waals surface area contributed by atoms with Crippen LogP contribution in [0.4, 0.5) is 0 Å². The summed E-state index contributed by atoms with van der Waals surface area (Å²) in [6.07, 6.45) is 16.4. The molecule has 1 aliphatic carbocycles. The maximum atomic E-state index is 9.58. The van der Waals surface area contributed by atoms with Gasteiger partial charge < -0.3 is 10.2 Å². The summed E-state index contributed by atoms with van der Waals surface area (Å²) >= 11 is 0. The van der Waals surface area contributed by atoms with Gasteiger partial charge in [0, 0.05) is 5.41 Å². The van der Waals surface area contributed by atoms with Crippen LogP contribution in [0.2, 0.25) is 0 Å². The Bertz CT molecular complexity index is 520. The van der Waals surface area contributed by atoms with E-state index in [2.05, 4.69) is 20.1 Å². The highest BCUT2D eigenvalue weighted by atomic mass is 16.3. The fourth-order valence-electron chi connectivity index (χ4n) is 3.14. The van der Waals surface area contributed by atoms with E-state index in [1.54, 1.807) is 19.1 Å². The van der Waals surface area contributed by atoms with Crippen molar-refractivity contribution in [2.75, 3.05) is 0 Å². The van der Waals surface area contributed by atoms with Crippen LogP contribution in [0.15, 0.2) is 72.3 Å². The van der Waals surface area contributed by atoms with Gasteiger partial charge in [-0.25, -0.2) is 0 Å². The minimum atomic E-state index is -0.0656. The first kappa shape index (κ1) is 18.1. The molecule has 0 atom stereocenters. The fourth-order valence-corrected chi connectivity index (χ4v) is 3.14. The Kier molecular flexibility index (Phi) is 6.97. The summed E-state index contributed by atoms with van der Waals surface area (Å²) in [7, 11) is 0. The molecule has 0 amide bonds. The molecule has 0 unspecified atom stereocenters. The largest absolute Gasteiger partial charge is 0.513 e. The Balaban J connectivity index is 3.30. The zero-order chi connectivity index (χ0) is 16.6. The summed E-state index contributed by atoms with van der Waals surface area (Å²) in [6.45, 7) is 11.3. The van der Waals surface area contributed by atoms with Crippen LogP contribution in [0, 0.1) is 5.41 Å². The predicted molar refractivity (Wildman–Crippen MR) is 94.8 cm³/mol. The molecule has 1 rings (SSSR count). The van der Waals surface area contributed by atoms with Gasteiger partial charge in [-0.1, -0.05) is 56.2 Å². The number of rotatable bonds is 6. The summed E-state index contributed by atoms with van der Waals surface area (Å²) in [5.74, 6) is 0.455. The van der Waals surface area contributed by atoms with Crippen LogP contribution >= 0.6 is 0 Å².